The van der Waals surface area contributed by atoms with Gasteiger partial charge < -0.3 is 9.45 Å². The SMILES string of the molecule is CCN1C(=CC2=CC(=Cc3sc4ccccc4[n+]3CCCS(=O)(=O)[O-])CCC2)Sc2ccccc21. The van der Waals surface area contributed by atoms with Gasteiger partial charge in [0, 0.05) is 35.8 Å². The third-order valence-electron chi connectivity index (χ3n) is 6.28. The number of aryl methyl sites for hydroxylation is 1. The molecule has 2 heterocycles. The quantitative estimate of drug-likeness (QED) is 0.276. The summed E-state index contributed by atoms with van der Waals surface area (Å²) in [6.45, 7) is 3.63. The Labute approximate surface area is 215 Å². The van der Waals surface area contributed by atoms with E-state index in [0.717, 1.165) is 41.0 Å². The van der Waals surface area contributed by atoms with Gasteiger partial charge in [-0.15, -0.1) is 0 Å². The number of para-hydroxylation sites is 2. The van der Waals surface area contributed by atoms with E-state index >= 15 is 0 Å². The fraction of sp³-hybridized carbons (Fsp3) is 0.296. The van der Waals surface area contributed by atoms with Crippen molar-refractivity contribution in [3.05, 3.63) is 81.9 Å². The predicted molar refractivity (Wildman–Crippen MR) is 145 cm³/mol. The van der Waals surface area contributed by atoms with Crippen LogP contribution in [0.2, 0.25) is 0 Å². The van der Waals surface area contributed by atoms with E-state index in [-0.39, 0.29) is 5.75 Å². The maximum absolute atomic E-state index is 11.1. The summed E-state index contributed by atoms with van der Waals surface area (Å²) in [6.07, 6.45) is 10.4. The molecule has 1 aliphatic carbocycles. The summed E-state index contributed by atoms with van der Waals surface area (Å²) in [7, 11) is -4.21. The molecule has 2 aromatic carbocycles. The zero-order chi connectivity index (χ0) is 24.4. The second-order valence-corrected chi connectivity index (χ2v) is 12.4. The molecule has 0 unspecified atom stereocenters. The molecule has 0 fully saturated rings. The van der Waals surface area contributed by atoms with Crippen molar-refractivity contribution in [2.24, 2.45) is 0 Å². The number of allylic oxidation sites excluding steroid dienone is 4. The highest BCUT2D eigenvalue weighted by molar-refractivity contribution is 8.03. The van der Waals surface area contributed by atoms with E-state index in [2.05, 4.69) is 71.0 Å². The molecule has 1 aromatic heterocycles. The Morgan fingerprint density at radius 3 is 2.71 bits per heavy atom. The smallest absolute Gasteiger partial charge is 0.263 e. The number of fused-ring (bicyclic) bond motifs is 2. The minimum absolute atomic E-state index is 0.311. The number of hydrogen-bond donors (Lipinski definition) is 0. The lowest BCUT2D eigenvalue weighted by molar-refractivity contribution is -0.668. The van der Waals surface area contributed by atoms with Crippen LogP contribution in [0.3, 0.4) is 0 Å². The molecule has 8 heteroatoms. The number of anilines is 1. The average molecular weight is 525 g/mol. The molecule has 2 aliphatic rings. The van der Waals surface area contributed by atoms with E-state index in [0.29, 0.717) is 13.0 Å². The minimum atomic E-state index is -4.21. The molecule has 1 aliphatic heterocycles. The van der Waals surface area contributed by atoms with E-state index in [1.807, 2.05) is 23.9 Å². The monoisotopic (exact) mass is 524 g/mol. The van der Waals surface area contributed by atoms with E-state index in [1.54, 1.807) is 11.3 Å². The Hall–Kier alpha value is -2.39. The molecule has 0 N–H and O–H groups in total. The number of rotatable bonds is 7. The highest BCUT2D eigenvalue weighted by Crippen LogP contribution is 2.46. The Balaban J connectivity index is 1.44. The van der Waals surface area contributed by atoms with Gasteiger partial charge in [0.05, 0.1) is 20.8 Å². The van der Waals surface area contributed by atoms with Crippen molar-refractivity contribution in [2.45, 2.75) is 44.0 Å². The molecule has 0 amide bonds. The molecular formula is C27H28N2O3S3. The van der Waals surface area contributed by atoms with Crippen LogP contribution in [0.1, 0.15) is 37.6 Å². The van der Waals surface area contributed by atoms with Crippen LogP contribution in [0.25, 0.3) is 16.3 Å². The van der Waals surface area contributed by atoms with Gasteiger partial charge in [-0.2, -0.15) is 4.57 Å². The summed E-state index contributed by atoms with van der Waals surface area (Å²) in [6, 6.07) is 16.7. The van der Waals surface area contributed by atoms with Crippen LogP contribution in [0.15, 0.2) is 81.8 Å². The van der Waals surface area contributed by atoms with Crippen LogP contribution in [0, 0.1) is 0 Å². The van der Waals surface area contributed by atoms with Crippen LogP contribution < -0.4 is 9.47 Å². The molecule has 5 nitrogen and oxygen atoms in total. The molecule has 0 saturated carbocycles. The van der Waals surface area contributed by atoms with Gasteiger partial charge in [0.25, 0.3) is 5.01 Å². The fourth-order valence-electron chi connectivity index (χ4n) is 4.70. The van der Waals surface area contributed by atoms with Crippen LogP contribution in [0.4, 0.5) is 5.69 Å². The first kappa shape index (κ1) is 24.3. The average Bonchev–Trinajstić information content (AvgIpc) is 3.35. The van der Waals surface area contributed by atoms with Gasteiger partial charge in [-0.25, -0.2) is 8.42 Å². The van der Waals surface area contributed by atoms with E-state index in [1.165, 1.54) is 26.8 Å². The van der Waals surface area contributed by atoms with Gasteiger partial charge in [-0.3, -0.25) is 0 Å². The minimum Gasteiger partial charge on any atom is -0.748 e. The first-order valence-electron chi connectivity index (χ1n) is 11.9. The topological polar surface area (TPSA) is 64.3 Å². The van der Waals surface area contributed by atoms with Crippen molar-refractivity contribution in [3.8, 4) is 0 Å². The number of thiazole rings is 1. The Bertz CT molecular complexity index is 1450. The summed E-state index contributed by atoms with van der Waals surface area (Å²) < 4.78 is 36.7. The lowest BCUT2D eigenvalue weighted by Gasteiger charge is -2.19. The molecule has 3 aromatic rings. The van der Waals surface area contributed by atoms with Gasteiger partial charge in [-0.1, -0.05) is 53.4 Å². The van der Waals surface area contributed by atoms with Gasteiger partial charge in [0.2, 0.25) is 5.52 Å². The summed E-state index contributed by atoms with van der Waals surface area (Å²) in [5.41, 5.74) is 4.98. The van der Waals surface area contributed by atoms with Crippen LogP contribution >= 0.6 is 23.1 Å². The molecule has 0 spiro atoms. The molecule has 0 atom stereocenters. The summed E-state index contributed by atoms with van der Waals surface area (Å²) in [5.74, 6) is -0.341. The zero-order valence-corrected chi connectivity index (χ0v) is 22.1. The highest BCUT2D eigenvalue weighted by atomic mass is 32.2. The number of thioether (sulfide) groups is 1. The summed E-state index contributed by atoms with van der Waals surface area (Å²) >= 11 is 3.54. The normalized spacial score (nSPS) is 18.5. The number of nitrogens with zero attached hydrogens (tertiary/aromatic N) is 2. The summed E-state index contributed by atoms with van der Waals surface area (Å²) in [4.78, 5) is 3.68. The van der Waals surface area contributed by atoms with Crippen molar-refractivity contribution in [2.75, 3.05) is 17.2 Å². The van der Waals surface area contributed by atoms with Gasteiger partial charge in [-0.05, 0) is 61.6 Å². The van der Waals surface area contributed by atoms with Crippen molar-refractivity contribution in [3.63, 3.8) is 0 Å². The van der Waals surface area contributed by atoms with Crippen molar-refractivity contribution < 1.29 is 17.5 Å². The van der Waals surface area contributed by atoms with E-state index in [9.17, 15) is 13.0 Å². The maximum Gasteiger partial charge on any atom is 0.263 e. The first-order valence-corrected chi connectivity index (χ1v) is 15.1. The molecule has 5 rings (SSSR count). The number of benzene rings is 2. The molecule has 0 saturated heterocycles. The fourth-order valence-corrected chi connectivity index (χ4v) is 7.55. The standard InChI is InChI=1S/C27H28N2O3S3/c1-2-28-22-11-3-5-13-24(22)33-26(28)18-20-9-7-10-21(17-20)19-27-29(15-8-16-35(30,31)32)23-12-4-6-14-25(23)34-27/h3-6,11-14,17-19H,2,7-10,15-16H2,1H3. The molecular weight excluding hydrogens is 497 g/mol. The third-order valence-corrected chi connectivity index (χ3v) is 9.30. The van der Waals surface area contributed by atoms with Crippen LogP contribution in [-0.4, -0.2) is 25.3 Å². The Morgan fingerprint density at radius 2 is 1.89 bits per heavy atom. The van der Waals surface area contributed by atoms with Crippen molar-refractivity contribution in [1.29, 1.82) is 0 Å². The third kappa shape index (κ3) is 5.56. The van der Waals surface area contributed by atoms with Crippen molar-refractivity contribution >= 4 is 55.2 Å². The molecule has 0 radical (unpaired) electrons. The Morgan fingerprint density at radius 1 is 1.09 bits per heavy atom. The zero-order valence-electron chi connectivity index (χ0n) is 19.6. The Kier molecular flexibility index (Phi) is 7.16. The lowest BCUT2D eigenvalue weighted by Crippen LogP contribution is -2.36. The number of hydrogen-bond acceptors (Lipinski definition) is 6. The van der Waals surface area contributed by atoms with E-state index in [4.69, 9.17) is 0 Å². The number of aromatic nitrogens is 1. The van der Waals surface area contributed by atoms with Crippen LogP contribution in [-0.2, 0) is 16.7 Å². The molecule has 0 bridgehead atoms. The van der Waals surface area contributed by atoms with Crippen LogP contribution in [0.5, 0.6) is 0 Å². The highest BCUT2D eigenvalue weighted by Gasteiger charge is 2.24. The molecule has 182 valence electrons. The first-order chi connectivity index (χ1) is 16.9. The van der Waals surface area contributed by atoms with E-state index < -0.39 is 10.1 Å². The maximum atomic E-state index is 11.1. The van der Waals surface area contributed by atoms with Gasteiger partial charge in [0.15, 0.2) is 6.54 Å². The van der Waals surface area contributed by atoms with Gasteiger partial charge >= 0.3 is 0 Å². The molecule has 35 heavy (non-hydrogen) atoms. The van der Waals surface area contributed by atoms with Gasteiger partial charge in [0.1, 0.15) is 4.70 Å². The van der Waals surface area contributed by atoms with Crippen molar-refractivity contribution in [1.82, 2.24) is 0 Å². The summed E-state index contributed by atoms with van der Waals surface area (Å²) in [5, 5.41) is 2.37. The largest absolute Gasteiger partial charge is 0.748 e. The lowest BCUT2D eigenvalue weighted by atomic mass is 9.95. The second kappa shape index (κ2) is 10.3. The predicted octanol–water partition coefficient (Wildman–Crippen LogP) is 6.09. The second-order valence-electron chi connectivity index (χ2n) is 8.76.